The summed E-state index contributed by atoms with van der Waals surface area (Å²) in [7, 11) is -11.7. The highest BCUT2D eigenvalue weighted by Gasteiger charge is 2.64. The van der Waals surface area contributed by atoms with Gasteiger partial charge in [-0.3, -0.25) is 28.4 Å². The van der Waals surface area contributed by atoms with E-state index in [1.807, 2.05) is 0 Å². The molecule has 1 rings (SSSR count). The summed E-state index contributed by atoms with van der Waals surface area (Å²) in [6.45, 7) is 0.785. The number of carbonyl (C=O) groups excluding carboxylic acids is 4. The van der Waals surface area contributed by atoms with E-state index in [9.17, 15) is 47.9 Å². The summed E-state index contributed by atoms with van der Waals surface area (Å²) in [5, 5.41) is -3.61. The minimum atomic E-state index is -5.83. The number of primary amides is 1. The molecule has 8 N–H and O–H groups in total. The molecule has 1 aliphatic heterocycles. The Labute approximate surface area is 164 Å². The van der Waals surface area contributed by atoms with Gasteiger partial charge in [-0.15, -0.1) is 0 Å². The zero-order valence-electron chi connectivity index (χ0n) is 15.3. The van der Waals surface area contributed by atoms with E-state index < -0.39 is 62.3 Å². The fourth-order valence-corrected chi connectivity index (χ4v) is 5.45. The second-order valence-corrected chi connectivity index (χ2v) is 10.4. The van der Waals surface area contributed by atoms with Crippen LogP contribution in [-0.2, 0) is 33.0 Å². The Balaban J connectivity index is 3.51. The summed E-state index contributed by atoms with van der Waals surface area (Å²) in [4.78, 5) is 87.1. The molecule has 1 heterocycles. The molecule has 14 nitrogen and oxygen atoms in total. The highest BCUT2D eigenvalue weighted by molar-refractivity contribution is 7.72. The molecule has 0 aliphatic carbocycles. The molecule has 166 valence electrons. The molecule has 0 bridgehead atoms. The second kappa shape index (κ2) is 9.00. The van der Waals surface area contributed by atoms with Gasteiger partial charge < -0.3 is 35.8 Å². The van der Waals surface area contributed by atoms with Crippen LogP contribution < -0.4 is 11.5 Å². The van der Waals surface area contributed by atoms with Gasteiger partial charge in [0, 0.05) is 19.3 Å². The molecule has 16 heteroatoms. The minimum absolute atomic E-state index is 0.260. The topological polar surface area (TPSA) is 248 Å². The number of rotatable bonds is 10. The number of hydrogen-bond acceptors (Lipinski definition) is 8. The Hall–Kier alpha value is -1.66. The summed E-state index contributed by atoms with van der Waals surface area (Å²) in [5.41, 5.74) is 10.4. The monoisotopic (exact) mass is 459 g/mol. The van der Waals surface area contributed by atoms with Crippen molar-refractivity contribution in [3.05, 3.63) is 0 Å². The first-order valence-electron chi connectivity index (χ1n) is 8.29. The fraction of sp³-hybridized carbons (Fsp3) is 0.692. The van der Waals surface area contributed by atoms with Crippen molar-refractivity contribution >= 4 is 38.9 Å². The lowest BCUT2D eigenvalue weighted by Crippen LogP contribution is -2.54. The van der Waals surface area contributed by atoms with Gasteiger partial charge >= 0.3 is 26.2 Å². The average molecular weight is 459 g/mol. The van der Waals surface area contributed by atoms with Crippen molar-refractivity contribution in [2.45, 2.75) is 43.7 Å². The highest BCUT2D eigenvalue weighted by Crippen LogP contribution is 2.71. The van der Waals surface area contributed by atoms with Crippen molar-refractivity contribution in [1.82, 2.24) is 4.90 Å². The first-order valence-corrected chi connectivity index (χ1v) is 11.5. The largest absolute Gasteiger partial charge is 0.431 e. The Morgan fingerprint density at radius 2 is 1.59 bits per heavy atom. The lowest BCUT2D eigenvalue weighted by Gasteiger charge is -2.36. The third-order valence-electron chi connectivity index (χ3n) is 4.41. The van der Waals surface area contributed by atoms with E-state index in [4.69, 9.17) is 11.5 Å². The van der Waals surface area contributed by atoms with Crippen molar-refractivity contribution in [3.63, 3.8) is 0 Å². The SMILES string of the molecule is CC(C(N)=O)[C@@H](C(=O)OC(CCCN)(P(=O)(O)O)P(=O)(O)O)N1C(=O)CCC1=O. The van der Waals surface area contributed by atoms with Crippen LogP contribution in [0.5, 0.6) is 0 Å². The number of hydrogen-bond donors (Lipinski definition) is 6. The van der Waals surface area contributed by atoms with Gasteiger partial charge in [0.2, 0.25) is 17.7 Å². The first kappa shape index (κ1) is 25.4. The summed E-state index contributed by atoms with van der Waals surface area (Å²) < 4.78 is 28.6. The molecule has 0 saturated carbocycles. The molecule has 1 fully saturated rings. The lowest BCUT2D eigenvalue weighted by atomic mass is 10.00. The van der Waals surface area contributed by atoms with E-state index in [0.29, 0.717) is 4.90 Å². The minimum Gasteiger partial charge on any atom is -0.431 e. The van der Waals surface area contributed by atoms with Crippen LogP contribution >= 0.6 is 15.2 Å². The molecule has 0 radical (unpaired) electrons. The van der Waals surface area contributed by atoms with Gasteiger partial charge in [0.25, 0.3) is 0 Å². The summed E-state index contributed by atoms with van der Waals surface area (Å²) in [6.07, 6.45) is -1.99. The third-order valence-corrected chi connectivity index (χ3v) is 8.43. The lowest BCUT2D eigenvalue weighted by molar-refractivity contribution is -0.166. The number of likely N-dealkylation sites (tertiary alicyclic amines) is 1. The second-order valence-electron chi connectivity index (χ2n) is 6.44. The van der Waals surface area contributed by atoms with Crippen molar-refractivity contribution in [3.8, 4) is 0 Å². The van der Waals surface area contributed by atoms with Crippen molar-refractivity contribution in [1.29, 1.82) is 0 Å². The van der Waals surface area contributed by atoms with Gasteiger partial charge in [-0.2, -0.15) is 0 Å². The Morgan fingerprint density at radius 3 is 1.93 bits per heavy atom. The standard InChI is InChI=1S/C13H23N3O11P2/c1-7(11(15)19)10(16-8(17)3-4-9(16)18)12(20)27-13(5-2-6-14,28(21,22)23)29(24,25)26/h7,10H,2-6,14H2,1H3,(H2,15,19)(H2,21,22,23)(H2,24,25,26)/t7?,10-/m0/s1. The van der Waals surface area contributed by atoms with E-state index in [1.165, 1.54) is 0 Å². The maximum absolute atomic E-state index is 12.7. The van der Waals surface area contributed by atoms with Crippen LogP contribution in [0.15, 0.2) is 0 Å². The third kappa shape index (κ3) is 5.10. The number of nitrogens with zero attached hydrogens (tertiary/aromatic N) is 1. The van der Waals surface area contributed by atoms with Gasteiger partial charge in [-0.25, -0.2) is 4.79 Å². The Morgan fingerprint density at radius 1 is 1.14 bits per heavy atom. The average Bonchev–Trinajstić information content (AvgIpc) is 2.88. The van der Waals surface area contributed by atoms with Crippen molar-refractivity contribution < 1.29 is 52.6 Å². The zero-order valence-corrected chi connectivity index (χ0v) is 17.1. The zero-order chi connectivity index (χ0) is 22.8. The smallest absolute Gasteiger partial charge is 0.381 e. The van der Waals surface area contributed by atoms with E-state index in [-0.39, 0.29) is 25.8 Å². The van der Waals surface area contributed by atoms with Gasteiger partial charge in [0.05, 0.1) is 5.92 Å². The maximum Gasteiger partial charge on any atom is 0.381 e. The molecule has 1 unspecified atom stereocenters. The highest BCUT2D eigenvalue weighted by atomic mass is 31.2. The Bertz CT molecular complexity index is 751. The van der Waals surface area contributed by atoms with Gasteiger partial charge in [-0.1, -0.05) is 6.92 Å². The number of imide groups is 1. The van der Waals surface area contributed by atoms with Gasteiger partial charge in [0.15, 0.2) is 0 Å². The van der Waals surface area contributed by atoms with E-state index in [1.54, 1.807) is 0 Å². The van der Waals surface area contributed by atoms with Crippen molar-refractivity contribution in [2.75, 3.05) is 6.54 Å². The van der Waals surface area contributed by atoms with Crippen LogP contribution in [0.2, 0.25) is 0 Å². The van der Waals surface area contributed by atoms with E-state index in [0.717, 1.165) is 6.92 Å². The molecule has 0 aromatic rings. The predicted molar refractivity (Wildman–Crippen MR) is 94.4 cm³/mol. The molecule has 0 spiro atoms. The molecule has 0 aromatic carbocycles. The number of carbonyl (C=O) groups is 4. The number of esters is 1. The fourth-order valence-electron chi connectivity index (χ4n) is 2.78. The first-order chi connectivity index (χ1) is 13.1. The van der Waals surface area contributed by atoms with Crippen LogP contribution in [0.4, 0.5) is 0 Å². The number of ether oxygens (including phenoxy) is 1. The summed E-state index contributed by atoms with van der Waals surface area (Å²) in [6, 6.07) is -2.06. The van der Waals surface area contributed by atoms with E-state index in [2.05, 4.69) is 4.74 Å². The van der Waals surface area contributed by atoms with Crippen LogP contribution in [0.25, 0.3) is 0 Å². The number of nitrogens with two attached hydrogens (primary N) is 2. The number of amides is 3. The molecule has 1 aliphatic rings. The summed E-state index contributed by atoms with van der Waals surface area (Å²) in [5.74, 6) is -6.29. The van der Waals surface area contributed by atoms with Crippen LogP contribution in [-0.4, -0.2) is 65.8 Å². The normalized spacial score (nSPS) is 17.9. The summed E-state index contributed by atoms with van der Waals surface area (Å²) >= 11 is 0. The van der Waals surface area contributed by atoms with Crippen LogP contribution in [0, 0.1) is 5.92 Å². The molecule has 1 saturated heterocycles. The van der Waals surface area contributed by atoms with Gasteiger partial charge in [-0.05, 0) is 13.0 Å². The predicted octanol–water partition coefficient (Wildman–Crippen LogP) is -2.08. The maximum atomic E-state index is 12.7. The molecule has 3 amide bonds. The molecule has 2 atom stereocenters. The van der Waals surface area contributed by atoms with Crippen molar-refractivity contribution in [2.24, 2.45) is 17.4 Å². The van der Waals surface area contributed by atoms with E-state index >= 15 is 0 Å². The molecular weight excluding hydrogens is 436 g/mol. The van der Waals surface area contributed by atoms with Crippen LogP contribution in [0.1, 0.15) is 32.6 Å². The Kier molecular flexibility index (Phi) is 7.88. The quantitative estimate of drug-likeness (QED) is 0.117. The van der Waals surface area contributed by atoms with Crippen LogP contribution in [0.3, 0.4) is 0 Å². The molecule has 0 aromatic heterocycles. The molecule has 29 heavy (non-hydrogen) atoms. The van der Waals surface area contributed by atoms with Gasteiger partial charge in [0.1, 0.15) is 6.04 Å². The molecular formula is C13H23N3O11P2.